The topological polar surface area (TPSA) is 68.2 Å². The predicted octanol–water partition coefficient (Wildman–Crippen LogP) is 1.22. The highest BCUT2D eigenvalue weighted by molar-refractivity contribution is 5.31. The highest BCUT2D eigenvalue weighted by Gasteiger charge is 2.20. The van der Waals surface area contributed by atoms with E-state index in [1.54, 1.807) is 12.1 Å². The Kier molecular flexibility index (Phi) is 6.11. The van der Waals surface area contributed by atoms with Gasteiger partial charge in [-0.1, -0.05) is 0 Å². The number of aliphatic hydroxyl groups excluding tert-OH is 2. The largest absolute Gasteiger partial charge is 0.491 e. The number of hydrogen-bond acceptors (Lipinski definition) is 5. The van der Waals surface area contributed by atoms with Gasteiger partial charge in [0.2, 0.25) is 0 Å². The number of benzene rings is 1. The van der Waals surface area contributed by atoms with Crippen LogP contribution in [-0.2, 0) is 4.74 Å². The molecule has 5 heteroatoms. The second-order valence-corrected chi connectivity index (χ2v) is 4.99. The van der Waals surface area contributed by atoms with Crippen molar-refractivity contribution in [3.8, 4) is 11.5 Å². The fourth-order valence-electron chi connectivity index (χ4n) is 1.63. The van der Waals surface area contributed by atoms with Crippen molar-refractivity contribution < 1.29 is 24.4 Å². The van der Waals surface area contributed by atoms with Gasteiger partial charge in [0.1, 0.15) is 30.8 Å². The van der Waals surface area contributed by atoms with Crippen LogP contribution in [-0.4, -0.2) is 49.4 Å². The Bertz CT molecular complexity index is 374. The van der Waals surface area contributed by atoms with Crippen LogP contribution in [0.15, 0.2) is 24.3 Å². The zero-order valence-electron chi connectivity index (χ0n) is 11.5. The fraction of sp³-hybridized carbons (Fsp3) is 0.600. The standard InChI is InChI=1S/C15H22O5/c16-9-13(17)11-20-15-5-3-14(4-6-15)19-8-7-18-10-12-1-2-12/h3-6,12-13,16-17H,1-2,7-11H2/t13-/m1/s1. The van der Waals surface area contributed by atoms with E-state index in [0.29, 0.717) is 19.0 Å². The Labute approximate surface area is 119 Å². The molecular formula is C15H22O5. The van der Waals surface area contributed by atoms with E-state index in [-0.39, 0.29) is 13.2 Å². The Morgan fingerprint density at radius 1 is 1.05 bits per heavy atom. The highest BCUT2D eigenvalue weighted by Crippen LogP contribution is 2.28. The maximum atomic E-state index is 9.17. The molecule has 2 N–H and O–H groups in total. The Balaban J connectivity index is 1.60. The van der Waals surface area contributed by atoms with Crippen molar-refractivity contribution in [2.45, 2.75) is 18.9 Å². The summed E-state index contributed by atoms with van der Waals surface area (Å²) in [6.45, 7) is 1.77. The normalized spacial score (nSPS) is 15.9. The smallest absolute Gasteiger partial charge is 0.119 e. The number of rotatable bonds is 10. The van der Waals surface area contributed by atoms with Gasteiger partial charge in [-0.25, -0.2) is 0 Å². The van der Waals surface area contributed by atoms with Crippen molar-refractivity contribution in [2.75, 3.05) is 33.0 Å². The molecule has 0 amide bonds. The lowest BCUT2D eigenvalue weighted by Crippen LogP contribution is -2.21. The summed E-state index contributed by atoms with van der Waals surface area (Å²) in [5.41, 5.74) is 0. The van der Waals surface area contributed by atoms with Crippen molar-refractivity contribution in [1.82, 2.24) is 0 Å². The summed E-state index contributed by atoms with van der Waals surface area (Å²) >= 11 is 0. The molecule has 2 rings (SSSR count). The molecule has 0 radical (unpaired) electrons. The Morgan fingerprint density at radius 3 is 2.30 bits per heavy atom. The van der Waals surface area contributed by atoms with E-state index < -0.39 is 6.10 Å². The van der Waals surface area contributed by atoms with Gasteiger partial charge in [-0.15, -0.1) is 0 Å². The van der Waals surface area contributed by atoms with Crippen LogP contribution in [0.25, 0.3) is 0 Å². The van der Waals surface area contributed by atoms with E-state index in [9.17, 15) is 5.11 Å². The summed E-state index contributed by atoms with van der Waals surface area (Å²) in [4.78, 5) is 0. The summed E-state index contributed by atoms with van der Waals surface area (Å²) in [7, 11) is 0. The van der Waals surface area contributed by atoms with Gasteiger partial charge in [0, 0.05) is 6.61 Å². The molecular weight excluding hydrogens is 260 g/mol. The van der Waals surface area contributed by atoms with Crippen molar-refractivity contribution in [1.29, 1.82) is 0 Å². The average Bonchev–Trinajstić information content (AvgIpc) is 3.30. The lowest BCUT2D eigenvalue weighted by molar-refractivity contribution is 0.0535. The third kappa shape index (κ3) is 5.77. The molecule has 1 aliphatic carbocycles. The highest BCUT2D eigenvalue weighted by atomic mass is 16.5. The molecule has 1 aliphatic rings. The van der Waals surface area contributed by atoms with Crippen LogP contribution in [0.2, 0.25) is 0 Å². The third-order valence-electron chi connectivity index (χ3n) is 3.02. The fourth-order valence-corrected chi connectivity index (χ4v) is 1.63. The summed E-state index contributed by atoms with van der Waals surface area (Å²) in [5.74, 6) is 2.17. The molecule has 0 unspecified atom stereocenters. The maximum absolute atomic E-state index is 9.17. The molecule has 112 valence electrons. The molecule has 1 saturated carbocycles. The number of aliphatic hydroxyl groups is 2. The maximum Gasteiger partial charge on any atom is 0.119 e. The van der Waals surface area contributed by atoms with E-state index in [2.05, 4.69) is 0 Å². The van der Waals surface area contributed by atoms with E-state index in [1.165, 1.54) is 12.8 Å². The van der Waals surface area contributed by atoms with Gasteiger partial charge in [-0.2, -0.15) is 0 Å². The van der Waals surface area contributed by atoms with E-state index >= 15 is 0 Å². The molecule has 1 fully saturated rings. The Hall–Kier alpha value is -1.30. The van der Waals surface area contributed by atoms with Crippen LogP contribution >= 0.6 is 0 Å². The molecule has 1 aromatic carbocycles. The van der Waals surface area contributed by atoms with Gasteiger partial charge in [-0.3, -0.25) is 0 Å². The molecule has 0 spiro atoms. The van der Waals surface area contributed by atoms with Crippen molar-refractivity contribution in [3.63, 3.8) is 0 Å². The molecule has 0 aliphatic heterocycles. The minimum atomic E-state index is -0.852. The predicted molar refractivity (Wildman–Crippen MR) is 74.1 cm³/mol. The van der Waals surface area contributed by atoms with Gasteiger partial charge in [0.15, 0.2) is 0 Å². The summed E-state index contributed by atoms with van der Waals surface area (Å²) in [6, 6.07) is 7.15. The van der Waals surface area contributed by atoms with Gasteiger partial charge in [-0.05, 0) is 43.0 Å². The van der Waals surface area contributed by atoms with Gasteiger partial charge in [0.25, 0.3) is 0 Å². The van der Waals surface area contributed by atoms with Crippen LogP contribution in [0.5, 0.6) is 11.5 Å². The van der Waals surface area contributed by atoms with Crippen molar-refractivity contribution >= 4 is 0 Å². The van der Waals surface area contributed by atoms with Crippen molar-refractivity contribution in [2.24, 2.45) is 5.92 Å². The van der Waals surface area contributed by atoms with Crippen LogP contribution in [0, 0.1) is 5.92 Å². The summed E-state index contributed by atoms with van der Waals surface area (Å²) in [5, 5.41) is 17.8. The molecule has 1 atom stereocenters. The van der Waals surface area contributed by atoms with Gasteiger partial charge < -0.3 is 24.4 Å². The van der Waals surface area contributed by atoms with Crippen LogP contribution in [0.3, 0.4) is 0 Å². The first-order chi connectivity index (χ1) is 9.78. The van der Waals surface area contributed by atoms with E-state index in [4.69, 9.17) is 19.3 Å². The Morgan fingerprint density at radius 2 is 1.70 bits per heavy atom. The van der Waals surface area contributed by atoms with Crippen molar-refractivity contribution in [3.05, 3.63) is 24.3 Å². The molecule has 20 heavy (non-hydrogen) atoms. The molecule has 0 heterocycles. The summed E-state index contributed by atoms with van der Waals surface area (Å²) < 4.78 is 16.3. The number of ether oxygens (including phenoxy) is 3. The first kappa shape index (κ1) is 15.1. The van der Waals surface area contributed by atoms with Crippen LogP contribution in [0.1, 0.15) is 12.8 Å². The zero-order chi connectivity index (χ0) is 14.2. The monoisotopic (exact) mass is 282 g/mol. The first-order valence-corrected chi connectivity index (χ1v) is 7.00. The molecule has 0 bridgehead atoms. The van der Waals surface area contributed by atoms with Gasteiger partial charge >= 0.3 is 0 Å². The first-order valence-electron chi connectivity index (χ1n) is 7.00. The molecule has 0 saturated heterocycles. The SMILES string of the molecule is OC[C@@H](O)COc1ccc(OCCOCC2CC2)cc1. The number of hydrogen-bond donors (Lipinski definition) is 2. The second-order valence-electron chi connectivity index (χ2n) is 4.99. The lowest BCUT2D eigenvalue weighted by atomic mass is 10.3. The third-order valence-corrected chi connectivity index (χ3v) is 3.02. The molecule has 5 nitrogen and oxygen atoms in total. The minimum absolute atomic E-state index is 0.0751. The summed E-state index contributed by atoms with van der Waals surface area (Å²) in [6.07, 6.45) is 1.75. The lowest BCUT2D eigenvalue weighted by Gasteiger charge is -2.11. The quantitative estimate of drug-likeness (QED) is 0.632. The van der Waals surface area contributed by atoms with Crippen LogP contribution < -0.4 is 9.47 Å². The second kappa shape index (κ2) is 8.09. The van der Waals surface area contributed by atoms with Crippen LogP contribution in [0.4, 0.5) is 0 Å². The molecule has 1 aromatic rings. The average molecular weight is 282 g/mol. The minimum Gasteiger partial charge on any atom is -0.491 e. The van der Waals surface area contributed by atoms with Gasteiger partial charge in [0.05, 0.1) is 13.2 Å². The van der Waals surface area contributed by atoms with E-state index in [0.717, 1.165) is 18.3 Å². The zero-order valence-corrected chi connectivity index (χ0v) is 11.5. The van der Waals surface area contributed by atoms with E-state index in [1.807, 2.05) is 12.1 Å². The molecule has 0 aromatic heterocycles.